The lowest BCUT2D eigenvalue weighted by Crippen LogP contribution is -2.36. The monoisotopic (exact) mass is 486 g/mol. The Morgan fingerprint density at radius 2 is 1.76 bits per heavy atom. The van der Waals surface area contributed by atoms with Crippen molar-refractivity contribution >= 4 is 42.6 Å². The minimum absolute atomic E-state index is 0.0879. The van der Waals surface area contributed by atoms with Crippen LogP contribution in [-0.2, 0) is 16.4 Å². The summed E-state index contributed by atoms with van der Waals surface area (Å²) in [5.74, 6) is -0.187. The van der Waals surface area contributed by atoms with Gasteiger partial charge in [0.2, 0.25) is 10.0 Å². The molecule has 0 bridgehead atoms. The van der Waals surface area contributed by atoms with Gasteiger partial charge >= 0.3 is 0 Å². The van der Waals surface area contributed by atoms with Crippen molar-refractivity contribution in [3.8, 4) is 0 Å². The van der Waals surface area contributed by atoms with E-state index in [2.05, 4.69) is 13.0 Å². The van der Waals surface area contributed by atoms with Crippen LogP contribution in [0.4, 0.5) is 5.13 Å². The zero-order valence-corrected chi connectivity index (χ0v) is 21.1. The summed E-state index contributed by atoms with van der Waals surface area (Å²) < 4.78 is 28.1. The molecule has 1 amide bonds. The lowest BCUT2D eigenvalue weighted by atomic mass is 10.1. The van der Waals surface area contributed by atoms with Gasteiger partial charge in [-0.1, -0.05) is 30.4 Å². The van der Waals surface area contributed by atoms with Crippen molar-refractivity contribution in [3.63, 3.8) is 0 Å². The summed E-state index contributed by atoms with van der Waals surface area (Å²) in [6.07, 6.45) is 2.67. The first-order valence-corrected chi connectivity index (χ1v) is 13.4. The number of carbonyl (C=O) groups excluding carboxylic acids is 1. The number of anilines is 1. The predicted octanol–water partition coefficient (Wildman–Crippen LogP) is 3.85. The van der Waals surface area contributed by atoms with Gasteiger partial charge in [-0.2, -0.15) is 4.31 Å². The molecule has 0 spiro atoms. The highest BCUT2D eigenvalue weighted by Gasteiger charge is 2.35. The number of amides is 1. The third-order valence-corrected chi connectivity index (χ3v) is 8.93. The molecule has 7 nitrogen and oxygen atoms in total. The van der Waals surface area contributed by atoms with Gasteiger partial charge in [0.25, 0.3) is 5.91 Å². The maximum absolute atomic E-state index is 13.5. The molecule has 3 aromatic rings. The fraction of sp³-hybridized carbons (Fsp3) is 0.417. The molecule has 9 heteroatoms. The summed E-state index contributed by atoms with van der Waals surface area (Å²) >= 11 is 1.50. The Morgan fingerprint density at radius 3 is 2.36 bits per heavy atom. The second-order valence-electron chi connectivity index (χ2n) is 8.65. The van der Waals surface area contributed by atoms with Crippen LogP contribution >= 0.6 is 11.3 Å². The van der Waals surface area contributed by atoms with Crippen LogP contribution in [0.2, 0.25) is 0 Å². The third kappa shape index (κ3) is 4.96. The van der Waals surface area contributed by atoms with Gasteiger partial charge in [-0.05, 0) is 69.3 Å². The molecule has 1 aromatic heterocycles. The van der Waals surface area contributed by atoms with Crippen molar-refractivity contribution in [1.29, 1.82) is 0 Å². The Hall–Kier alpha value is -2.33. The van der Waals surface area contributed by atoms with E-state index >= 15 is 0 Å². The molecule has 2 aromatic carbocycles. The number of likely N-dealkylation sites (N-methyl/N-ethyl adjacent to an activating group) is 1. The average Bonchev–Trinajstić information content (AvgIpc) is 3.56. The van der Waals surface area contributed by atoms with Crippen molar-refractivity contribution in [2.75, 3.05) is 39.1 Å². The van der Waals surface area contributed by atoms with E-state index in [1.807, 2.05) is 31.1 Å². The molecule has 1 heterocycles. The molecule has 4 rings (SSSR count). The summed E-state index contributed by atoms with van der Waals surface area (Å²) in [4.78, 5) is 22.3. The van der Waals surface area contributed by atoms with E-state index in [1.165, 1.54) is 27.8 Å². The number of thiazole rings is 1. The fourth-order valence-corrected chi connectivity index (χ4v) is 6.16. The quantitative estimate of drug-likeness (QED) is 0.459. The molecular weight excluding hydrogens is 456 g/mol. The van der Waals surface area contributed by atoms with Crippen LogP contribution in [0.25, 0.3) is 10.2 Å². The molecule has 0 unspecified atom stereocenters. The fourth-order valence-electron chi connectivity index (χ4n) is 3.70. The number of rotatable bonds is 9. The van der Waals surface area contributed by atoms with Gasteiger partial charge in [0.1, 0.15) is 0 Å². The molecule has 0 aliphatic heterocycles. The van der Waals surface area contributed by atoms with Gasteiger partial charge in [-0.15, -0.1) is 0 Å². The predicted molar refractivity (Wildman–Crippen MR) is 134 cm³/mol. The SMILES string of the molecule is CCc1cccc2sc(N(CCN(C)C)C(=O)c3ccc(S(=O)(=O)N(C)C4CC4)cc3)nc12. The number of fused-ring (bicyclic) bond motifs is 1. The maximum Gasteiger partial charge on any atom is 0.260 e. The second-order valence-corrected chi connectivity index (χ2v) is 11.7. The first-order chi connectivity index (χ1) is 15.7. The molecule has 1 fully saturated rings. The standard InChI is InChI=1S/C24H30N4O3S2/c1-5-17-7-6-8-21-22(17)25-24(32-21)28(16-15-26(2)3)23(29)18-9-13-20(14-10-18)33(30,31)27(4)19-11-12-19/h6-10,13-14,19H,5,11-12,15-16H2,1-4H3. The molecule has 1 aliphatic rings. The van der Waals surface area contributed by atoms with Gasteiger partial charge in [0.05, 0.1) is 15.1 Å². The van der Waals surface area contributed by atoms with Crippen LogP contribution in [0.15, 0.2) is 47.4 Å². The number of aryl methyl sites for hydroxylation is 1. The number of para-hydroxylation sites is 1. The van der Waals surface area contributed by atoms with E-state index in [4.69, 9.17) is 4.98 Å². The molecule has 33 heavy (non-hydrogen) atoms. The molecule has 1 aliphatic carbocycles. The molecule has 0 atom stereocenters. The molecule has 176 valence electrons. The van der Waals surface area contributed by atoms with Crippen molar-refractivity contribution < 1.29 is 13.2 Å². The number of hydrogen-bond donors (Lipinski definition) is 0. The second kappa shape index (κ2) is 9.50. The lowest BCUT2D eigenvalue weighted by Gasteiger charge is -2.22. The summed E-state index contributed by atoms with van der Waals surface area (Å²) in [6, 6.07) is 12.5. The topological polar surface area (TPSA) is 73.8 Å². The van der Waals surface area contributed by atoms with Gasteiger partial charge in [0.15, 0.2) is 5.13 Å². The lowest BCUT2D eigenvalue weighted by molar-refractivity contribution is 0.0985. The summed E-state index contributed by atoms with van der Waals surface area (Å²) in [5, 5.41) is 0.655. The van der Waals surface area contributed by atoms with Crippen LogP contribution in [0.5, 0.6) is 0 Å². The summed E-state index contributed by atoms with van der Waals surface area (Å²) in [5.41, 5.74) is 2.54. The zero-order valence-electron chi connectivity index (χ0n) is 19.5. The normalized spacial score (nSPS) is 14.4. The van der Waals surface area contributed by atoms with E-state index in [-0.39, 0.29) is 16.8 Å². The third-order valence-electron chi connectivity index (χ3n) is 5.96. The van der Waals surface area contributed by atoms with Crippen LogP contribution in [0.3, 0.4) is 0 Å². The first-order valence-electron chi connectivity index (χ1n) is 11.2. The van der Waals surface area contributed by atoms with Crippen LogP contribution < -0.4 is 4.90 Å². The van der Waals surface area contributed by atoms with Crippen molar-refractivity contribution in [1.82, 2.24) is 14.2 Å². The number of sulfonamides is 1. The Balaban J connectivity index is 1.64. The Bertz CT molecular complexity index is 1250. The zero-order chi connectivity index (χ0) is 23.8. The molecular formula is C24H30N4O3S2. The van der Waals surface area contributed by atoms with E-state index in [1.54, 1.807) is 24.1 Å². The highest BCUT2D eigenvalue weighted by Crippen LogP contribution is 2.33. The van der Waals surface area contributed by atoms with Gasteiger partial charge < -0.3 is 4.90 Å². The number of nitrogens with zero attached hydrogens (tertiary/aromatic N) is 4. The minimum Gasteiger partial charge on any atom is -0.308 e. The Labute approximate surface area is 199 Å². The summed E-state index contributed by atoms with van der Waals surface area (Å²) in [6.45, 7) is 3.26. The molecule has 0 radical (unpaired) electrons. The van der Waals surface area contributed by atoms with Crippen LogP contribution in [0, 0.1) is 0 Å². The van der Waals surface area contributed by atoms with Crippen molar-refractivity contribution in [2.24, 2.45) is 0 Å². The average molecular weight is 487 g/mol. The van der Waals surface area contributed by atoms with E-state index in [9.17, 15) is 13.2 Å². The molecule has 0 saturated heterocycles. The van der Waals surface area contributed by atoms with Crippen molar-refractivity contribution in [3.05, 3.63) is 53.6 Å². The number of hydrogen-bond acceptors (Lipinski definition) is 6. The van der Waals surface area contributed by atoms with Crippen LogP contribution in [-0.4, -0.2) is 68.8 Å². The van der Waals surface area contributed by atoms with Gasteiger partial charge in [0, 0.05) is 31.7 Å². The highest BCUT2D eigenvalue weighted by molar-refractivity contribution is 7.89. The Morgan fingerprint density at radius 1 is 1.06 bits per heavy atom. The minimum atomic E-state index is -3.55. The van der Waals surface area contributed by atoms with E-state index in [0.717, 1.165) is 35.0 Å². The highest BCUT2D eigenvalue weighted by atomic mass is 32.2. The van der Waals surface area contributed by atoms with E-state index in [0.29, 0.717) is 23.8 Å². The number of aromatic nitrogens is 1. The van der Waals surface area contributed by atoms with Gasteiger partial charge in [-0.3, -0.25) is 9.69 Å². The molecule has 1 saturated carbocycles. The smallest absolute Gasteiger partial charge is 0.260 e. The largest absolute Gasteiger partial charge is 0.308 e. The maximum atomic E-state index is 13.5. The van der Waals surface area contributed by atoms with Gasteiger partial charge in [-0.25, -0.2) is 13.4 Å². The Kier molecular flexibility index (Phi) is 6.86. The molecule has 0 N–H and O–H groups in total. The number of carbonyl (C=O) groups is 1. The summed E-state index contributed by atoms with van der Waals surface area (Å²) in [7, 11) is 2.00. The van der Waals surface area contributed by atoms with E-state index < -0.39 is 10.0 Å². The number of benzene rings is 2. The first kappa shape index (κ1) is 23.8. The van der Waals surface area contributed by atoms with Crippen LogP contribution in [0.1, 0.15) is 35.7 Å². The van der Waals surface area contributed by atoms with Crippen molar-refractivity contribution in [2.45, 2.75) is 37.1 Å².